The molecule has 0 radical (unpaired) electrons. The number of aromatic carboxylic acids is 1. The summed E-state index contributed by atoms with van der Waals surface area (Å²) in [4.78, 5) is 30.7. The molecule has 3 N–H and O–H groups in total. The number of carboxylic acid groups (broad SMARTS) is 1. The summed E-state index contributed by atoms with van der Waals surface area (Å²) in [6.07, 6.45) is 1.41. The van der Waals surface area contributed by atoms with Gasteiger partial charge in [0.05, 0.1) is 5.56 Å². The predicted molar refractivity (Wildman–Crippen MR) is 98.4 cm³/mol. The highest BCUT2D eigenvalue weighted by molar-refractivity contribution is 5.95. The van der Waals surface area contributed by atoms with Crippen LogP contribution in [0.2, 0.25) is 0 Å². The molecule has 26 heavy (non-hydrogen) atoms. The van der Waals surface area contributed by atoms with E-state index in [4.69, 9.17) is 5.11 Å². The van der Waals surface area contributed by atoms with E-state index in [-0.39, 0.29) is 11.3 Å². The Kier molecular flexibility index (Phi) is 4.89. The Morgan fingerprint density at radius 1 is 0.846 bits per heavy atom. The lowest BCUT2D eigenvalue weighted by Gasteiger charge is -2.09. The highest BCUT2D eigenvalue weighted by Gasteiger charge is 2.05. The molecule has 7 heteroatoms. The van der Waals surface area contributed by atoms with E-state index < -0.39 is 5.97 Å². The normalized spacial score (nSPS) is 10.2. The van der Waals surface area contributed by atoms with Crippen LogP contribution >= 0.6 is 0 Å². The number of nitrogens with one attached hydrogen (secondary N) is 2. The van der Waals surface area contributed by atoms with Gasteiger partial charge in [0.25, 0.3) is 0 Å². The number of aromatic nitrogens is 2. The molecular weight excluding hydrogens is 332 g/mol. The monoisotopic (exact) mass is 348 g/mol. The zero-order valence-corrected chi connectivity index (χ0v) is 13.9. The summed E-state index contributed by atoms with van der Waals surface area (Å²) in [5.74, 6) is 0.125. The van der Waals surface area contributed by atoms with E-state index in [1.165, 1.54) is 25.4 Å². The highest BCUT2D eigenvalue weighted by atomic mass is 16.4. The van der Waals surface area contributed by atoms with Gasteiger partial charge in [-0.1, -0.05) is 12.1 Å². The van der Waals surface area contributed by atoms with Crippen LogP contribution in [0.4, 0.5) is 23.0 Å². The molecule has 0 spiro atoms. The van der Waals surface area contributed by atoms with Gasteiger partial charge in [-0.05, 0) is 43.3 Å². The second-order valence-electron chi connectivity index (χ2n) is 5.56. The average Bonchev–Trinajstić information content (AvgIpc) is 2.62. The zero-order chi connectivity index (χ0) is 18.5. The summed E-state index contributed by atoms with van der Waals surface area (Å²) in [5.41, 5.74) is 2.28. The quantitative estimate of drug-likeness (QED) is 0.581. The number of carboxylic acids is 1. The smallest absolute Gasteiger partial charge is 0.335 e. The first-order valence-corrected chi connectivity index (χ1v) is 7.82. The molecule has 0 saturated heterocycles. The Hall–Kier alpha value is -3.74. The molecule has 0 fully saturated rings. The van der Waals surface area contributed by atoms with Gasteiger partial charge in [0.15, 0.2) is 5.78 Å². The van der Waals surface area contributed by atoms with Crippen LogP contribution in [0.1, 0.15) is 27.6 Å². The van der Waals surface area contributed by atoms with E-state index in [1.807, 2.05) is 6.07 Å². The first-order valence-electron chi connectivity index (χ1n) is 7.82. The Balaban J connectivity index is 1.75. The van der Waals surface area contributed by atoms with E-state index in [2.05, 4.69) is 20.6 Å². The number of Topliss-reactive ketones (excluding diaryl/α,β-unsaturated/α-hetero) is 1. The van der Waals surface area contributed by atoms with Crippen LogP contribution in [0.5, 0.6) is 0 Å². The van der Waals surface area contributed by atoms with Gasteiger partial charge in [0.2, 0.25) is 0 Å². The third-order valence-electron chi connectivity index (χ3n) is 3.61. The molecule has 3 rings (SSSR count). The number of anilines is 4. The third kappa shape index (κ3) is 4.21. The summed E-state index contributed by atoms with van der Waals surface area (Å²) in [7, 11) is 0. The van der Waals surface area contributed by atoms with Crippen LogP contribution in [0.25, 0.3) is 0 Å². The Morgan fingerprint density at radius 2 is 1.50 bits per heavy atom. The third-order valence-corrected chi connectivity index (χ3v) is 3.61. The van der Waals surface area contributed by atoms with E-state index in [0.717, 1.165) is 5.69 Å². The van der Waals surface area contributed by atoms with Crippen molar-refractivity contribution in [2.45, 2.75) is 6.92 Å². The highest BCUT2D eigenvalue weighted by Crippen LogP contribution is 2.20. The van der Waals surface area contributed by atoms with E-state index in [1.54, 1.807) is 36.4 Å². The minimum absolute atomic E-state index is 0.0106. The van der Waals surface area contributed by atoms with Gasteiger partial charge in [0.1, 0.15) is 18.0 Å². The van der Waals surface area contributed by atoms with Crippen molar-refractivity contribution in [2.75, 3.05) is 10.6 Å². The molecule has 0 aliphatic heterocycles. The fourth-order valence-corrected chi connectivity index (χ4v) is 2.30. The van der Waals surface area contributed by atoms with Gasteiger partial charge in [-0.2, -0.15) is 0 Å². The van der Waals surface area contributed by atoms with Crippen LogP contribution in [-0.2, 0) is 0 Å². The van der Waals surface area contributed by atoms with E-state index >= 15 is 0 Å². The molecule has 1 heterocycles. The second kappa shape index (κ2) is 7.43. The minimum Gasteiger partial charge on any atom is -0.478 e. The van der Waals surface area contributed by atoms with Crippen molar-refractivity contribution in [3.63, 3.8) is 0 Å². The summed E-state index contributed by atoms with van der Waals surface area (Å²) in [6.45, 7) is 1.52. The maximum Gasteiger partial charge on any atom is 0.335 e. The summed E-state index contributed by atoms with van der Waals surface area (Å²) >= 11 is 0. The molecule has 0 atom stereocenters. The minimum atomic E-state index is -0.974. The van der Waals surface area contributed by atoms with Crippen LogP contribution in [0.3, 0.4) is 0 Å². The molecule has 0 bridgehead atoms. The lowest BCUT2D eigenvalue weighted by atomic mass is 10.1. The maximum absolute atomic E-state index is 11.5. The van der Waals surface area contributed by atoms with Crippen LogP contribution in [0, 0.1) is 0 Å². The number of ketones is 1. The largest absolute Gasteiger partial charge is 0.478 e. The predicted octanol–water partition coefficient (Wildman–Crippen LogP) is 3.86. The lowest BCUT2D eigenvalue weighted by Crippen LogP contribution is -2.00. The Labute approximate surface area is 149 Å². The van der Waals surface area contributed by atoms with Gasteiger partial charge in [-0.15, -0.1) is 0 Å². The first kappa shape index (κ1) is 17.1. The molecule has 0 aliphatic carbocycles. The van der Waals surface area contributed by atoms with Crippen LogP contribution < -0.4 is 10.6 Å². The van der Waals surface area contributed by atoms with Crippen LogP contribution in [0.15, 0.2) is 60.9 Å². The summed E-state index contributed by atoms with van der Waals surface area (Å²) in [6, 6.07) is 15.2. The van der Waals surface area contributed by atoms with Crippen molar-refractivity contribution in [2.24, 2.45) is 0 Å². The average molecular weight is 348 g/mol. The fourth-order valence-electron chi connectivity index (χ4n) is 2.30. The molecule has 1 aromatic heterocycles. The van der Waals surface area contributed by atoms with E-state index in [9.17, 15) is 9.59 Å². The molecule has 0 saturated carbocycles. The second-order valence-corrected chi connectivity index (χ2v) is 5.56. The van der Waals surface area contributed by atoms with Gasteiger partial charge < -0.3 is 15.7 Å². The SMILES string of the molecule is CC(=O)c1cccc(Nc2cc(Nc3ccc(C(=O)O)cc3)ncn2)c1. The number of carbonyl (C=O) groups excluding carboxylic acids is 1. The molecule has 0 aliphatic rings. The number of rotatable bonds is 6. The molecule has 7 nitrogen and oxygen atoms in total. The van der Waals surface area contributed by atoms with Crippen molar-refractivity contribution in [1.29, 1.82) is 0 Å². The number of nitrogens with zero attached hydrogens (tertiary/aromatic N) is 2. The van der Waals surface area contributed by atoms with Crippen LogP contribution in [-0.4, -0.2) is 26.8 Å². The maximum atomic E-state index is 11.5. The summed E-state index contributed by atoms with van der Waals surface area (Å²) < 4.78 is 0. The number of carbonyl (C=O) groups is 2. The lowest BCUT2D eigenvalue weighted by molar-refractivity contribution is 0.0696. The molecular formula is C19H16N4O3. The van der Waals surface area contributed by atoms with Gasteiger partial charge in [0, 0.05) is 23.0 Å². The number of benzene rings is 2. The van der Waals surface area contributed by atoms with Crippen molar-refractivity contribution in [3.05, 3.63) is 72.1 Å². The Bertz CT molecular complexity index is 955. The molecule has 3 aromatic rings. The number of hydrogen-bond donors (Lipinski definition) is 3. The number of hydrogen-bond acceptors (Lipinski definition) is 6. The van der Waals surface area contributed by atoms with E-state index in [0.29, 0.717) is 22.9 Å². The first-order chi connectivity index (χ1) is 12.5. The fraction of sp³-hybridized carbons (Fsp3) is 0.0526. The van der Waals surface area contributed by atoms with Crippen molar-refractivity contribution >= 4 is 34.8 Å². The topological polar surface area (TPSA) is 104 Å². The standard InChI is InChI=1S/C19H16N4O3/c1-12(24)14-3-2-4-16(9-14)23-18-10-17(20-11-21-18)22-15-7-5-13(6-8-15)19(25)26/h2-11H,1H3,(H,25,26)(H2,20,21,22,23). The van der Waals surface area contributed by atoms with Gasteiger partial charge >= 0.3 is 5.97 Å². The molecule has 2 aromatic carbocycles. The van der Waals surface area contributed by atoms with Crippen molar-refractivity contribution in [1.82, 2.24) is 9.97 Å². The van der Waals surface area contributed by atoms with Gasteiger partial charge in [-0.25, -0.2) is 14.8 Å². The zero-order valence-electron chi connectivity index (χ0n) is 13.9. The Morgan fingerprint density at radius 3 is 2.12 bits per heavy atom. The van der Waals surface area contributed by atoms with Crippen molar-refractivity contribution in [3.8, 4) is 0 Å². The molecule has 130 valence electrons. The molecule has 0 amide bonds. The summed E-state index contributed by atoms with van der Waals surface area (Å²) in [5, 5.41) is 15.1. The van der Waals surface area contributed by atoms with Crippen molar-refractivity contribution < 1.29 is 14.7 Å². The van der Waals surface area contributed by atoms with Gasteiger partial charge in [-0.3, -0.25) is 4.79 Å². The molecule has 0 unspecified atom stereocenters.